The Morgan fingerprint density at radius 2 is 2.33 bits per heavy atom. The molecular formula is C17H21FN4OS. The lowest BCUT2D eigenvalue weighted by Crippen LogP contribution is -2.39. The minimum absolute atomic E-state index is 0.186. The summed E-state index contributed by atoms with van der Waals surface area (Å²) >= 11 is 1.90. The van der Waals surface area contributed by atoms with E-state index < -0.39 is 0 Å². The molecule has 7 heteroatoms. The van der Waals surface area contributed by atoms with Crippen LogP contribution < -0.4 is 5.32 Å². The molecule has 5 nitrogen and oxygen atoms in total. The van der Waals surface area contributed by atoms with Crippen molar-refractivity contribution >= 4 is 17.7 Å². The number of thioether (sulfide) groups is 1. The predicted molar refractivity (Wildman–Crippen MR) is 92.5 cm³/mol. The fourth-order valence-corrected chi connectivity index (χ4v) is 4.25. The lowest BCUT2D eigenvalue weighted by Gasteiger charge is -2.19. The molecule has 3 rings (SSSR count). The van der Waals surface area contributed by atoms with E-state index in [1.165, 1.54) is 12.1 Å². The van der Waals surface area contributed by atoms with Gasteiger partial charge in [0.05, 0.1) is 12.7 Å². The number of carbonyl (C=O) groups is 1. The molecule has 0 bridgehead atoms. The molecule has 0 spiro atoms. The van der Waals surface area contributed by atoms with Crippen LogP contribution in [0.2, 0.25) is 0 Å². The van der Waals surface area contributed by atoms with E-state index in [-0.39, 0.29) is 17.8 Å². The number of aromatic nitrogens is 3. The van der Waals surface area contributed by atoms with Crippen LogP contribution in [0.25, 0.3) is 0 Å². The summed E-state index contributed by atoms with van der Waals surface area (Å²) in [5.74, 6) is 0.585. The van der Waals surface area contributed by atoms with Gasteiger partial charge in [0, 0.05) is 11.3 Å². The highest BCUT2D eigenvalue weighted by molar-refractivity contribution is 7.99. The second kappa shape index (κ2) is 7.79. The highest BCUT2D eigenvalue weighted by Gasteiger charge is 2.29. The summed E-state index contributed by atoms with van der Waals surface area (Å²) in [6.45, 7) is 2.52. The lowest BCUT2D eigenvalue weighted by molar-refractivity contribution is 0.0933. The summed E-state index contributed by atoms with van der Waals surface area (Å²) in [6, 6.07) is 6.52. The van der Waals surface area contributed by atoms with Gasteiger partial charge in [-0.25, -0.2) is 9.07 Å². The molecule has 1 saturated carbocycles. The molecule has 1 heterocycles. The summed E-state index contributed by atoms with van der Waals surface area (Å²) in [4.78, 5) is 12.4. The molecule has 0 radical (unpaired) electrons. The normalized spacial score (nSPS) is 20.2. The third kappa shape index (κ3) is 4.14. The number of amides is 1. The summed E-state index contributed by atoms with van der Waals surface area (Å²) in [6.07, 6.45) is 4.92. The van der Waals surface area contributed by atoms with Gasteiger partial charge in [0.15, 0.2) is 5.69 Å². The summed E-state index contributed by atoms with van der Waals surface area (Å²) in [7, 11) is 0. The van der Waals surface area contributed by atoms with Crippen LogP contribution in [0, 0.1) is 5.82 Å². The Morgan fingerprint density at radius 1 is 1.46 bits per heavy atom. The van der Waals surface area contributed by atoms with E-state index in [2.05, 4.69) is 22.6 Å². The van der Waals surface area contributed by atoms with E-state index in [0.717, 1.165) is 30.6 Å². The number of hydrogen-bond acceptors (Lipinski definition) is 4. The molecule has 0 aliphatic heterocycles. The molecule has 1 amide bonds. The van der Waals surface area contributed by atoms with Crippen molar-refractivity contribution < 1.29 is 9.18 Å². The Balaban J connectivity index is 1.61. The van der Waals surface area contributed by atoms with E-state index in [1.54, 1.807) is 16.9 Å². The summed E-state index contributed by atoms with van der Waals surface area (Å²) in [5, 5.41) is 11.5. The van der Waals surface area contributed by atoms with Crippen LogP contribution in [0.4, 0.5) is 4.39 Å². The molecule has 1 aromatic carbocycles. The zero-order valence-electron chi connectivity index (χ0n) is 13.6. The maximum absolute atomic E-state index is 13.2. The largest absolute Gasteiger partial charge is 0.347 e. The van der Waals surface area contributed by atoms with Crippen LogP contribution in [-0.4, -0.2) is 37.9 Å². The molecule has 2 aromatic rings. The second-order valence-corrected chi connectivity index (χ2v) is 7.45. The van der Waals surface area contributed by atoms with E-state index in [1.807, 2.05) is 17.8 Å². The SMILES string of the molecule is CCS[C@@H]1CCC[C@H]1NC(=O)c1cn(Cc2cccc(F)c2)nn1. The first-order valence-electron chi connectivity index (χ1n) is 8.22. The topological polar surface area (TPSA) is 59.8 Å². The van der Waals surface area contributed by atoms with Crippen LogP contribution in [-0.2, 0) is 6.54 Å². The van der Waals surface area contributed by atoms with Crippen molar-refractivity contribution in [3.8, 4) is 0 Å². The van der Waals surface area contributed by atoms with Crippen molar-refractivity contribution in [2.24, 2.45) is 0 Å². The average molecular weight is 348 g/mol. The Morgan fingerprint density at radius 3 is 3.12 bits per heavy atom. The van der Waals surface area contributed by atoms with Gasteiger partial charge in [-0.05, 0) is 36.3 Å². The van der Waals surface area contributed by atoms with E-state index in [9.17, 15) is 9.18 Å². The molecule has 1 fully saturated rings. The van der Waals surface area contributed by atoms with Gasteiger partial charge in [-0.15, -0.1) is 5.10 Å². The van der Waals surface area contributed by atoms with Gasteiger partial charge in [0.25, 0.3) is 5.91 Å². The molecule has 1 N–H and O–H groups in total. The van der Waals surface area contributed by atoms with Crippen molar-refractivity contribution in [2.45, 2.75) is 44.0 Å². The first-order valence-corrected chi connectivity index (χ1v) is 9.27. The number of halogens is 1. The highest BCUT2D eigenvalue weighted by atomic mass is 32.2. The molecular weight excluding hydrogens is 327 g/mol. The Labute approximate surface area is 145 Å². The van der Waals surface area contributed by atoms with Gasteiger partial charge in [-0.1, -0.05) is 30.7 Å². The summed E-state index contributed by atoms with van der Waals surface area (Å²) < 4.78 is 14.8. The van der Waals surface area contributed by atoms with Crippen LogP contribution in [0.1, 0.15) is 42.2 Å². The number of nitrogens with zero attached hydrogens (tertiary/aromatic N) is 3. The molecule has 1 aromatic heterocycles. The van der Waals surface area contributed by atoms with Gasteiger partial charge in [-0.3, -0.25) is 4.79 Å². The van der Waals surface area contributed by atoms with Crippen molar-refractivity contribution in [3.63, 3.8) is 0 Å². The number of nitrogens with one attached hydrogen (secondary N) is 1. The lowest BCUT2D eigenvalue weighted by atomic mass is 10.2. The smallest absolute Gasteiger partial charge is 0.273 e. The van der Waals surface area contributed by atoms with Crippen LogP contribution in [0.5, 0.6) is 0 Å². The maximum Gasteiger partial charge on any atom is 0.273 e. The third-order valence-electron chi connectivity index (χ3n) is 4.15. The zero-order chi connectivity index (χ0) is 16.9. The van der Waals surface area contributed by atoms with Crippen molar-refractivity contribution in [3.05, 3.63) is 47.5 Å². The molecule has 0 saturated heterocycles. The number of rotatable bonds is 6. The van der Waals surface area contributed by atoms with Gasteiger partial charge in [0.1, 0.15) is 5.82 Å². The van der Waals surface area contributed by atoms with Crippen LogP contribution >= 0.6 is 11.8 Å². The number of carbonyl (C=O) groups excluding carboxylic acids is 1. The van der Waals surface area contributed by atoms with Crippen molar-refractivity contribution in [2.75, 3.05) is 5.75 Å². The molecule has 24 heavy (non-hydrogen) atoms. The van der Waals surface area contributed by atoms with Gasteiger partial charge >= 0.3 is 0 Å². The standard InChI is InChI=1S/C17H21FN4OS/c1-2-24-16-8-4-7-14(16)19-17(23)15-11-22(21-20-15)10-12-5-3-6-13(18)9-12/h3,5-6,9,11,14,16H,2,4,7-8,10H2,1H3,(H,19,23)/t14-,16-/m1/s1. The minimum Gasteiger partial charge on any atom is -0.347 e. The first kappa shape index (κ1) is 17.0. The molecule has 1 aliphatic rings. The quantitative estimate of drug-likeness (QED) is 0.872. The average Bonchev–Trinajstić information content (AvgIpc) is 3.18. The monoisotopic (exact) mass is 348 g/mol. The van der Waals surface area contributed by atoms with Gasteiger partial charge in [0.2, 0.25) is 0 Å². The maximum atomic E-state index is 13.2. The highest BCUT2D eigenvalue weighted by Crippen LogP contribution is 2.29. The Kier molecular flexibility index (Phi) is 5.50. The second-order valence-electron chi connectivity index (χ2n) is 5.94. The molecule has 2 atom stereocenters. The van der Waals surface area contributed by atoms with E-state index in [4.69, 9.17) is 0 Å². The van der Waals surface area contributed by atoms with Crippen LogP contribution in [0.15, 0.2) is 30.5 Å². The Hall–Kier alpha value is -1.89. The third-order valence-corrected chi connectivity index (χ3v) is 5.48. The van der Waals surface area contributed by atoms with Crippen molar-refractivity contribution in [1.29, 1.82) is 0 Å². The minimum atomic E-state index is -0.286. The van der Waals surface area contributed by atoms with Gasteiger partial charge < -0.3 is 5.32 Å². The van der Waals surface area contributed by atoms with Crippen molar-refractivity contribution in [1.82, 2.24) is 20.3 Å². The summed E-state index contributed by atoms with van der Waals surface area (Å²) in [5.41, 5.74) is 1.08. The first-order chi connectivity index (χ1) is 11.7. The Bertz CT molecular complexity index is 705. The number of benzene rings is 1. The fraction of sp³-hybridized carbons (Fsp3) is 0.471. The van der Waals surface area contributed by atoms with E-state index in [0.29, 0.717) is 17.5 Å². The molecule has 128 valence electrons. The fourth-order valence-electron chi connectivity index (χ4n) is 3.05. The number of hydrogen-bond donors (Lipinski definition) is 1. The van der Waals surface area contributed by atoms with Gasteiger partial charge in [-0.2, -0.15) is 11.8 Å². The predicted octanol–water partition coefficient (Wildman–Crippen LogP) is 2.87. The molecule has 0 unspecified atom stereocenters. The molecule has 1 aliphatic carbocycles. The van der Waals surface area contributed by atoms with E-state index >= 15 is 0 Å². The zero-order valence-corrected chi connectivity index (χ0v) is 14.4. The van der Waals surface area contributed by atoms with Crippen LogP contribution in [0.3, 0.4) is 0 Å².